The van der Waals surface area contributed by atoms with Gasteiger partial charge in [0.05, 0.1) is 38.6 Å². The van der Waals surface area contributed by atoms with Gasteiger partial charge >= 0.3 is 6.18 Å². The molecule has 1 saturated heterocycles. The van der Waals surface area contributed by atoms with Crippen LogP contribution in [0, 0.1) is 0 Å². The maximum Gasteiger partial charge on any atom is 0.417 e. The molecular weight excluding hydrogens is 580 g/mol. The topological polar surface area (TPSA) is 92.1 Å². The lowest BCUT2D eigenvalue weighted by Crippen LogP contribution is -2.42. The van der Waals surface area contributed by atoms with E-state index >= 15 is 0 Å². The number of amides is 1. The van der Waals surface area contributed by atoms with E-state index in [1.165, 1.54) is 30.7 Å². The highest BCUT2D eigenvalue weighted by molar-refractivity contribution is 6.31. The zero-order valence-electron chi connectivity index (χ0n) is 21.4. The number of hydrogen-bond donors (Lipinski definition) is 2. The molecule has 41 heavy (non-hydrogen) atoms. The lowest BCUT2D eigenvalue weighted by molar-refractivity contribution is -0.137. The number of rotatable bonds is 7. The van der Waals surface area contributed by atoms with Gasteiger partial charge in [0.15, 0.2) is 5.78 Å². The molecule has 212 valence electrons. The van der Waals surface area contributed by atoms with Crippen molar-refractivity contribution in [1.82, 2.24) is 25.0 Å². The summed E-state index contributed by atoms with van der Waals surface area (Å²) in [5.41, 5.74) is 0.438. The molecule has 2 N–H and O–H groups in total. The maximum absolute atomic E-state index is 13.4. The van der Waals surface area contributed by atoms with Crippen LogP contribution in [-0.4, -0.2) is 57.5 Å². The van der Waals surface area contributed by atoms with Crippen LogP contribution in [0.5, 0.6) is 0 Å². The number of nitrogens with zero attached hydrogens (tertiary/aromatic N) is 4. The Balaban J connectivity index is 1.37. The number of piperazine rings is 1. The molecule has 3 heterocycles. The molecule has 2 aromatic heterocycles. The van der Waals surface area contributed by atoms with Crippen molar-refractivity contribution < 1.29 is 22.8 Å². The van der Waals surface area contributed by atoms with Crippen LogP contribution >= 0.6 is 23.2 Å². The molecule has 0 unspecified atom stereocenters. The third-order valence-electron chi connectivity index (χ3n) is 6.50. The average Bonchev–Trinajstić information content (AvgIpc) is 3.44. The first-order valence-corrected chi connectivity index (χ1v) is 13.3. The first kappa shape index (κ1) is 28.7. The molecule has 5 rings (SSSR count). The highest BCUT2D eigenvalue weighted by Crippen LogP contribution is 2.36. The van der Waals surface area contributed by atoms with Crippen LogP contribution in [0.1, 0.15) is 37.4 Å². The summed E-state index contributed by atoms with van der Waals surface area (Å²) in [7, 11) is 0. The number of hydrogen-bond acceptors (Lipinski definition) is 6. The molecule has 13 heteroatoms. The summed E-state index contributed by atoms with van der Waals surface area (Å²) in [6.07, 6.45) is -0.887. The molecular formula is C28H23Cl2F3N6O2. The molecule has 0 bridgehead atoms. The van der Waals surface area contributed by atoms with Gasteiger partial charge in [0.1, 0.15) is 5.82 Å². The Bertz CT molecular complexity index is 1600. The first-order chi connectivity index (χ1) is 19.6. The minimum absolute atomic E-state index is 0.00513. The molecule has 2 aromatic carbocycles. The number of aromatic nitrogens is 3. The normalized spacial score (nSPS) is 14.2. The summed E-state index contributed by atoms with van der Waals surface area (Å²) in [5, 5.41) is 9.73. The summed E-state index contributed by atoms with van der Waals surface area (Å²) in [4.78, 5) is 33.0. The number of carbonyl (C=O) groups is 2. The largest absolute Gasteiger partial charge is 0.417 e. The molecule has 0 spiro atoms. The van der Waals surface area contributed by atoms with Crippen LogP contribution in [0.2, 0.25) is 10.0 Å². The van der Waals surface area contributed by atoms with Crippen molar-refractivity contribution in [3.8, 4) is 5.69 Å². The van der Waals surface area contributed by atoms with Gasteiger partial charge in [0, 0.05) is 50.7 Å². The van der Waals surface area contributed by atoms with Crippen molar-refractivity contribution in [2.45, 2.75) is 12.7 Å². The van der Waals surface area contributed by atoms with Crippen LogP contribution in [0.25, 0.3) is 5.69 Å². The quantitative estimate of drug-likeness (QED) is 0.272. The highest BCUT2D eigenvalue weighted by atomic mass is 35.5. The van der Waals surface area contributed by atoms with E-state index in [0.717, 1.165) is 48.6 Å². The van der Waals surface area contributed by atoms with Gasteiger partial charge in [0.25, 0.3) is 5.91 Å². The first-order valence-electron chi connectivity index (χ1n) is 12.5. The molecule has 0 saturated carbocycles. The van der Waals surface area contributed by atoms with E-state index in [-0.39, 0.29) is 27.7 Å². The Kier molecular flexibility index (Phi) is 8.41. The number of halogens is 5. The number of nitrogens with one attached hydrogen (secondary N) is 2. The van der Waals surface area contributed by atoms with Gasteiger partial charge < -0.3 is 10.6 Å². The van der Waals surface area contributed by atoms with Gasteiger partial charge in [-0.05, 0) is 42.0 Å². The lowest BCUT2D eigenvalue weighted by atomic mass is 10.1. The second-order valence-corrected chi connectivity index (χ2v) is 10.2. The third kappa shape index (κ3) is 6.76. The predicted octanol–water partition coefficient (Wildman–Crippen LogP) is 5.48. The molecule has 1 aliphatic heterocycles. The molecule has 1 aliphatic rings. The van der Waals surface area contributed by atoms with E-state index in [0.29, 0.717) is 12.1 Å². The summed E-state index contributed by atoms with van der Waals surface area (Å²) in [5.74, 6) is -1.07. The minimum atomic E-state index is -4.66. The Morgan fingerprint density at radius 3 is 2.54 bits per heavy atom. The molecule has 4 aromatic rings. The van der Waals surface area contributed by atoms with Gasteiger partial charge in [0.2, 0.25) is 0 Å². The van der Waals surface area contributed by atoms with Gasteiger partial charge in [-0.3, -0.25) is 14.5 Å². The van der Waals surface area contributed by atoms with E-state index in [4.69, 9.17) is 23.2 Å². The second-order valence-electron chi connectivity index (χ2n) is 9.39. The Morgan fingerprint density at radius 1 is 1.00 bits per heavy atom. The summed E-state index contributed by atoms with van der Waals surface area (Å²) < 4.78 is 41.1. The van der Waals surface area contributed by atoms with Crippen LogP contribution in [0.15, 0.2) is 67.1 Å². The van der Waals surface area contributed by atoms with Crippen molar-refractivity contribution in [3.05, 3.63) is 105 Å². The van der Waals surface area contributed by atoms with Crippen molar-refractivity contribution in [2.75, 3.05) is 31.5 Å². The van der Waals surface area contributed by atoms with Gasteiger partial charge in [-0.25, -0.2) is 9.67 Å². The molecule has 1 amide bonds. The summed E-state index contributed by atoms with van der Waals surface area (Å²) >= 11 is 11.8. The third-order valence-corrected chi connectivity index (χ3v) is 7.04. The van der Waals surface area contributed by atoms with Crippen LogP contribution in [0.4, 0.5) is 19.0 Å². The summed E-state index contributed by atoms with van der Waals surface area (Å²) in [6, 6.07) is 11.9. The zero-order chi connectivity index (χ0) is 29.1. The molecule has 0 atom stereocenters. The Morgan fingerprint density at radius 2 is 1.78 bits per heavy atom. The number of pyridine rings is 1. The minimum Gasteiger partial charge on any atom is -0.314 e. The van der Waals surface area contributed by atoms with Crippen molar-refractivity contribution in [2.24, 2.45) is 0 Å². The van der Waals surface area contributed by atoms with Crippen molar-refractivity contribution in [3.63, 3.8) is 0 Å². The smallest absolute Gasteiger partial charge is 0.314 e. The SMILES string of the molecule is O=C(Nc1ncc(Cl)cc1C(=O)c1cnn(-c2ccc(Cl)c(C(F)(F)F)c2)c1)c1cccc(CN2CCNCC2)c1. The Hall–Kier alpha value is -3.77. The van der Waals surface area contributed by atoms with Crippen LogP contribution in [0.3, 0.4) is 0 Å². The fourth-order valence-corrected chi connectivity index (χ4v) is 4.82. The number of carbonyl (C=O) groups excluding carboxylic acids is 2. The van der Waals surface area contributed by atoms with Gasteiger partial charge in [-0.15, -0.1) is 0 Å². The van der Waals surface area contributed by atoms with E-state index in [1.54, 1.807) is 18.2 Å². The second kappa shape index (κ2) is 12.0. The number of anilines is 1. The highest BCUT2D eigenvalue weighted by Gasteiger charge is 2.33. The van der Waals surface area contributed by atoms with Crippen molar-refractivity contribution in [1.29, 1.82) is 0 Å². The molecule has 0 aliphatic carbocycles. The number of ketones is 1. The molecule has 8 nitrogen and oxygen atoms in total. The van der Waals surface area contributed by atoms with E-state index < -0.39 is 28.5 Å². The van der Waals surface area contributed by atoms with Crippen LogP contribution < -0.4 is 10.6 Å². The molecule has 1 fully saturated rings. The zero-order valence-corrected chi connectivity index (χ0v) is 22.9. The average molecular weight is 603 g/mol. The van der Waals surface area contributed by atoms with E-state index in [9.17, 15) is 22.8 Å². The van der Waals surface area contributed by atoms with Gasteiger partial charge in [-0.2, -0.15) is 18.3 Å². The lowest BCUT2D eigenvalue weighted by Gasteiger charge is -2.27. The summed E-state index contributed by atoms with van der Waals surface area (Å²) in [6.45, 7) is 4.34. The predicted molar refractivity (Wildman–Crippen MR) is 149 cm³/mol. The Labute approximate surface area is 243 Å². The standard InChI is InChI=1S/C28H23Cl2F3N6O2/c29-20-11-22(25(40)19-13-36-39(16-19)21-4-5-24(30)23(12-21)28(31,32)33)26(35-14-20)37-27(41)18-3-1-2-17(10-18)15-38-8-6-34-7-9-38/h1-5,10-14,16,34H,6-9,15H2,(H,35,37,41). The van der Waals surface area contributed by atoms with Crippen molar-refractivity contribution >= 4 is 40.7 Å². The molecule has 0 radical (unpaired) electrons. The van der Waals surface area contributed by atoms with E-state index in [1.807, 2.05) is 6.07 Å². The van der Waals surface area contributed by atoms with E-state index in [2.05, 4.69) is 25.6 Å². The number of benzene rings is 2. The maximum atomic E-state index is 13.4. The fraction of sp³-hybridized carbons (Fsp3) is 0.214. The fourth-order valence-electron chi connectivity index (χ4n) is 4.44. The number of alkyl halides is 3. The van der Waals surface area contributed by atoms with Crippen LogP contribution in [-0.2, 0) is 12.7 Å². The van der Waals surface area contributed by atoms with Gasteiger partial charge in [-0.1, -0.05) is 35.3 Å². The monoisotopic (exact) mass is 602 g/mol.